The Hall–Kier alpha value is -0.900. The van der Waals surface area contributed by atoms with E-state index >= 15 is 0 Å². The van der Waals surface area contributed by atoms with Gasteiger partial charge in [0.2, 0.25) is 0 Å². The Balaban J connectivity index is 0.000000223. The van der Waals surface area contributed by atoms with Crippen LogP contribution < -0.4 is 0 Å². The number of Topliss-reactive ketones (excluding diaryl/α,β-unsaturated/α-hetero) is 1. The van der Waals surface area contributed by atoms with E-state index in [-0.39, 0.29) is 0 Å². The van der Waals surface area contributed by atoms with Gasteiger partial charge in [0.25, 0.3) is 0 Å². The lowest BCUT2D eigenvalue weighted by molar-refractivity contribution is -0.149. The van der Waals surface area contributed by atoms with Crippen molar-refractivity contribution in [1.29, 1.82) is 0 Å². The molecule has 0 aromatic rings. The second-order valence-corrected chi connectivity index (χ2v) is 2.94. The highest BCUT2D eigenvalue weighted by Crippen LogP contribution is 2.11. The van der Waals surface area contributed by atoms with Crippen LogP contribution in [0.25, 0.3) is 0 Å². The first-order valence-electron chi connectivity index (χ1n) is 4.35. The SMILES string of the molecule is COC(=O)C(C)O.O=C1CCCC1. The lowest BCUT2D eigenvalue weighted by Gasteiger charge is -1.97. The summed E-state index contributed by atoms with van der Waals surface area (Å²) in [5, 5.41) is 8.35. The summed E-state index contributed by atoms with van der Waals surface area (Å²) in [5.74, 6) is -0.144. The van der Waals surface area contributed by atoms with Crippen LogP contribution in [0.1, 0.15) is 32.6 Å². The predicted molar refractivity (Wildman–Crippen MR) is 47.2 cm³/mol. The monoisotopic (exact) mass is 188 g/mol. The summed E-state index contributed by atoms with van der Waals surface area (Å²) in [7, 11) is 1.23. The van der Waals surface area contributed by atoms with Crippen LogP contribution in [0.4, 0.5) is 0 Å². The summed E-state index contributed by atoms with van der Waals surface area (Å²) in [6.07, 6.45) is 2.97. The van der Waals surface area contributed by atoms with Crippen molar-refractivity contribution >= 4 is 11.8 Å². The average molecular weight is 188 g/mol. The zero-order valence-electron chi connectivity index (χ0n) is 8.08. The minimum absolute atomic E-state index is 0.454. The molecule has 1 N–H and O–H groups in total. The van der Waals surface area contributed by atoms with Gasteiger partial charge in [0, 0.05) is 12.8 Å². The maximum Gasteiger partial charge on any atom is 0.334 e. The normalized spacial score (nSPS) is 17.3. The van der Waals surface area contributed by atoms with Gasteiger partial charge in [0.1, 0.15) is 11.9 Å². The second-order valence-electron chi connectivity index (χ2n) is 2.94. The number of ketones is 1. The van der Waals surface area contributed by atoms with Gasteiger partial charge in [-0.15, -0.1) is 0 Å². The number of aliphatic hydroxyl groups excluding tert-OH is 1. The van der Waals surface area contributed by atoms with Gasteiger partial charge in [-0.1, -0.05) is 0 Å². The molecule has 1 rings (SSSR count). The van der Waals surface area contributed by atoms with Crippen LogP contribution in [0.3, 0.4) is 0 Å². The Kier molecular flexibility index (Phi) is 6.14. The van der Waals surface area contributed by atoms with Gasteiger partial charge in [-0.2, -0.15) is 0 Å². The van der Waals surface area contributed by atoms with Crippen LogP contribution in [0.5, 0.6) is 0 Å². The lowest BCUT2D eigenvalue weighted by Crippen LogP contribution is -2.16. The predicted octanol–water partition coefficient (Wildman–Crippen LogP) is 0.670. The first-order chi connectivity index (χ1) is 6.07. The molecule has 76 valence electrons. The Morgan fingerprint density at radius 3 is 2.00 bits per heavy atom. The van der Waals surface area contributed by atoms with Crippen molar-refractivity contribution in [3.63, 3.8) is 0 Å². The average Bonchev–Trinajstić information content (AvgIpc) is 2.55. The minimum Gasteiger partial charge on any atom is -0.467 e. The number of aliphatic hydroxyl groups is 1. The van der Waals surface area contributed by atoms with E-state index in [0.717, 1.165) is 25.7 Å². The highest BCUT2D eigenvalue weighted by atomic mass is 16.5. The molecule has 1 aliphatic carbocycles. The number of hydrogen-bond donors (Lipinski definition) is 1. The first kappa shape index (κ1) is 12.1. The molecule has 1 saturated carbocycles. The van der Waals surface area contributed by atoms with Crippen LogP contribution >= 0.6 is 0 Å². The van der Waals surface area contributed by atoms with Crippen LogP contribution in [-0.4, -0.2) is 30.1 Å². The van der Waals surface area contributed by atoms with E-state index in [1.54, 1.807) is 0 Å². The molecule has 0 aliphatic heterocycles. The van der Waals surface area contributed by atoms with E-state index in [9.17, 15) is 9.59 Å². The molecular formula is C9H16O4. The van der Waals surface area contributed by atoms with Crippen molar-refractivity contribution in [2.45, 2.75) is 38.7 Å². The topological polar surface area (TPSA) is 63.6 Å². The third-order valence-corrected chi connectivity index (χ3v) is 1.70. The van der Waals surface area contributed by atoms with E-state index in [2.05, 4.69) is 4.74 Å². The van der Waals surface area contributed by atoms with E-state index in [1.165, 1.54) is 14.0 Å². The summed E-state index contributed by atoms with van der Waals surface area (Å²) < 4.78 is 4.12. The van der Waals surface area contributed by atoms with E-state index in [4.69, 9.17) is 5.11 Å². The lowest BCUT2D eigenvalue weighted by atomic mass is 10.4. The molecule has 1 unspecified atom stereocenters. The molecule has 0 saturated heterocycles. The number of carbonyl (C=O) groups is 2. The number of esters is 1. The summed E-state index contributed by atoms with van der Waals surface area (Å²) >= 11 is 0. The molecule has 0 amide bonds. The zero-order chi connectivity index (χ0) is 10.3. The molecule has 0 radical (unpaired) electrons. The fourth-order valence-corrected chi connectivity index (χ4v) is 0.940. The maximum absolute atomic E-state index is 10.2. The van der Waals surface area contributed by atoms with Gasteiger partial charge in [0.15, 0.2) is 0 Å². The molecule has 0 spiro atoms. The molecule has 13 heavy (non-hydrogen) atoms. The summed E-state index contributed by atoms with van der Waals surface area (Å²) in [6.45, 7) is 1.35. The van der Waals surface area contributed by atoms with Crippen molar-refractivity contribution < 1.29 is 19.4 Å². The van der Waals surface area contributed by atoms with Crippen molar-refractivity contribution in [2.75, 3.05) is 7.11 Å². The fraction of sp³-hybridized carbons (Fsp3) is 0.778. The van der Waals surface area contributed by atoms with Crippen molar-refractivity contribution in [1.82, 2.24) is 0 Å². The van der Waals surface area contributed by atoms with Gasteiger partial charge in [-0.3, -0.25) is 4.79 Å². The van der Waals surface area contributed by atoms with E-state index in [0.29, 0.717) is 5.78 Å². The van der Waals surface area contributed by atoms with Gasteiger partial charge in [-0.25, -0.2) is 4.79 Å². The quantitative estimate of drug-likeness (QED) is 0.614. The van der Waals surface area contributed by atoms with Crippen LogP contribution in [0.2, 0.25) is 0 Å². The smallest absolute Gasteiger partial charge is 0.334 e. The maximum atomic E-state index is 10.2. The number of carbonyl (C=O) groups excluding carboxylic acids is 2. The standard InChI is InChI=1S/C5H8O.C4H8O3/c6-5-3-1-2-4-5;1-3(5)4(6)7-2/h1-4H2;3,5H,1-2H3. The van der Waals surface area contributed by atoms with Crippen molar-refractivity contribution in [2.24, 2.45) is 0 Å². The summed E-state index contributed by atoms with van der Waals surface area (Å²) in [5.41, 5.74) is 0. The first-order valence-corrected chi connectivity index (χ1v) is 4.35. The van der Waals surface area contributed by atoms with Crippen molar-refractivity contribution in [3.05, 3.63) is 0 Å². The summed E-state index contributed by atoms with van der Waals surface area (Å²) in [4.78, 5) is 20.3. The number of ether oxygens (including phenoxy) is 1. The molecule has 1 fully saturated rings. The van der Waals surface area contributed by atoms with Crippen molar-refractivity contribution in [3.8, 4) is 0 Å². The zero-order valence-corrected chi connectivity index (χ0v) is 8.08. The molecule has 0 bridgehead atoms. The fourth-order valence-electron chi connectivity index (χ4n) is 0.940. The molecule has 0 aromatic carbocycles. The highest BCUT2D eigenvalue weighted by Gasteiger charge is 2.07. The largest absolute Gasteiger partial charge is 0.467 e. The van der Waals surface area contributed by atoms with Crippen LogP contribution in [-0.2, 0) is 14.3 Å². The highest BCUT2D eigenvalue weighted by molar-refractivity contribution is 5.80. The molecular weight excluding hydrogens is 172 g/mol. The molecule has 0 aromatic heterocycles. The number of rotatable bonds is 1. The second kappa shape index (κ2) is 6.60. The van der Waals surface area contributed by atoms with E-state index < -0.39 is 12.1 Å². The Morgan fingerprint density at radius 1 is 1.46 bits per heavy atom. The number of hydrogen-bond acceptors (Lipinski definition) is 4. The van der Waals surface area contributed by atoms with Crippen LogP contribution in [0.15, 0.2) is 0 Å². The number of methoxy groups -OCH3 is 1. The van der Waals surface area contributed by atoms with Gasteiger partial charge in [0.05, 0.1) is 7.11 Å². The van der Waals surface area contributed by atoms with Gasteiger partial charge < -0.3 is 9.84 Å². The molecule has 4 heteroatoms. The van der Waals surface area contributed by atoms with Gasteiger partial charge >= 0.3 is 5.97 Å². The summed E-state index contributed by atoms with van der Waals surface area (Å²) in [6, 6.07) is 0. The van der Waals surface area contributed by atoms with E-state index in [1.807, 2.05) is 0 Å². The van der Waals surface area contributed by atoms with Crippen LogP contribution in [0, 0.1) is 0 Å². The molecule has 4 nitrogen and oxygen atoms in total. The Labute approximate surface area is 77.9 Å². The molecule has 1 atom stereocenters. The minimum atomic E-state index is -0.995. The Bertz CT molecular complexity index is 166. The Morgan fingerprint density at radius 2 is 1.92 bits per heavy atom. The molecule has 0 heterocycles. The van der Waals surface area contributed by atoms with Gasteiger partial charge in [-0.05, 0) is 19.8 Å². The third-order valence-electron chi connectivity index (χ3n) is 1.70. The molecule has 1 aliphatic rings. The third kappa shape index (κ3) is 6.28.